The van der Waals surface area contributed by atoms with E-state index in [4.69, 9.17) is 9.47 Å². The van der Waals surface area contributed by atoms with Crippen LogP contribution in [-0.4, -0.2) is 68.3 Å². The van der Waals surface area contributed by atoms with Crippen molar-refractivity contribution in [1.82, 2.24) is 9.80 Å². The number of carbonyl (C=O) groups excluding carboxylic acids is 1. The quantitative estimate of drug-likeness (QED) is 0.783. The molecule has 152 valence electrons. The third kappa shape index (κ3) is 2.62. The van der Waals surface area contributed by atoms with Crippen molar-refractivity contribution in [3.63, 3.8) is 0 Å². The smallest absolute Gasteiger partial charge is 0.231 e. The Morgan fingerprint density at radius 3 is 2.54 bits per heavy atom. The first-order valence-electron chi connectivity index (χ1n) is 10.9. The highest BCUT2D eigenvalue weighted by Gasteiger charge is 2.58. The number of methoxy groups -OCH3 is 2. The van der Waals surface area contributed by atoms with Crippen molar-refractivity contribution >= 4 is 5.91 Å². The molecule has 4 heterocycles. The van der Waals surface area contributed by atoms with E-state index in [1.165, 1.54) is 31.5 Å². The number of rotatable bonds is 5. The maximum Gasteiger partial charge on any atom is 0.231 e. The van der Waals surface area contributed by atoms with E-state index in [9.17, 15) is 4.79 Å². The highest BCUT2D eigenvalue weighted by atomic mass is 16.5. The number of amides is 1. The van der Waals surface area contributed by atoms with Gasteiger partial charge in [-0.25, -0.2) is 0 Å². The minimum absolute atomic E-state index is 0.277. The van der Waals surface area contributed by atoms with E-state index < -0.39 is 0 Å². The molecule has 5 heteroatoms. The van der Waals surface area contributed by atoms with Crippen LogP contribution in [0, 0.1) is 11.3 Å². The maximum absolute atomic E-state index is 13.8. The van der Waals surface area contributed by atoms with E-state index in [0.29, 0.717) is 36.4 Å². The predicted molar refractivity (Wildman–Crippen MR) is 107 cm³/mol. The van der Waals surface area contributed by atoms with Crippen molar-refractivity contribution in [1.29, 1.82) is 0 Å². The summed E-state index contributed by atoms with van der Waals surface area (Å²) in [6.07, 6.45) is 5.53. The summed E-state index contributed by atoms with van der Waals surface area (Å²) in [5, 5.41) is 0. The highest BCUT2D eigenvalue weighted by molar-refractivity contribution is 5.85. The zero-order valence-electron chi connectivity index (χ0n) is 17.1. The highest BCUT2D eigenvalue weighted by Crippen LogP contribution is 2.51. The molecular formula is C23H32N2O3. The number of piperidine rings is 3. The molecule has 0 N–H and O–H groups in total. The third-order valence-corrected chi connectivity index (χ3v) is 7.98. The first kappa shape index (κ1) is 18.4. The Morgan fingerprint density at radius 1 is 1.14 bits per heavy atom. The molecule has 2 bridgehead atoms. The topological polar surface area (TPSA) is 42.0 Å². The Hall–Kier alpha value is -1.59. The van der Waals surface area contributed by atoms with Crippen LogP contribution in [0.25, 0.3) is 0 Å². The molecule has 28 heavy (non-hydrogen) atoms. The molecule has 5 fully saturated rings. The number of hydrogen-bond acceptors (Lipinski definition) is 4. The molecule has 4 saturated heterocycles. The van der Waals surface area contributed by atoms with Gasteiger partial charge in [0.2, 0.25) is 5.91 Å². The second kappa shape index (κ2) is 7.03. The van der Waals surface area contributed by atoms with E-state index in [0.717, 1.165) is 31.6 Å². The van der Waals surface area contributed by atoms with E-state index in [2.05, 4.69) is 28.0 Å². The average molecular weight is 385 g/mol. The van der Waals surface area contributed by atoms with Crippen molar-refractivity contribution in [2.45, 2.75) is 50.1 Å². The van der Waals surface area contributed by atoms with Crippen molar-refractivity contribution in [3.05, 3.63) is 29.8 Å². The molecule has 1 aromatic rings. The Morgan fingerprint density at radius 2 is 1.89 bits per heavy atom. The van der Waals surface area contributed by atoms with Crippen LogP contribution < -0.4 is 4.74 Å². The van der Waals surface area contributed by atoms with Gasteiger partial charge in [0.25, 0.3) is 0 Å². The number of para-hydroxylation sites is 1. The number of carbonyl (C=O) groups is 1. The zero-order valence-corrected chi connectivity index (χ0v) is 17.1. The van der Waals surface area contributed by atoms with Crippen molar-refractivity contribution in [2.75, 3.05) is 40.5 Å². The fourth-order valence-electron chi connectivity index (χ4n) is 6.50. The summed E-state index contributed by atoms with van der Waals surface area (Å²) in [4.78, 5) is 18.7. The molecule has 4 aliphatic heterocycles. The number of ether oxygens (including phenoxy) is 2. The predicted octanol–water partition coefficient (Wildman–Crippen LogP) is 2.90. The van der Waals surface area contributed by atoms with E-state index in [1.54, 1.807) is 14.2 Å². The summed E-state index contributed by atoms with van der Waals surface area (Å²) >= 11 is 0. The molecular weight excluding hydrogens is 352 g/mol. The van der Waals surface area contributed by atoms with Crippen LogP contribution in [0.15, 0.2) is 24.3 Å². The van der Waals surface area contributed by atoms with Crippen molar-refractivity contribution < 1.29 is 14.3 Å². The molecule has 1 amide bonds. The molecule has 6 rings (SSSR count). The molecule has 3 atom stereocenters. The van der Waals surface area contributed by atoms with Crippen LogP contribution in [0.3, 0.4) is 0 Å². The van der Waals surface area contributed by atoms with Crippen molar-refractivity contribution in [3.8, 4) is 5.75 Å². The summed E-state index contributed by atoms with van der Waals surface area (Å²) in [7, 11) is 3.48. The van der Waals surface area contributed by atoms with Crippen LogP contribution in [0.2, 0.25) is 0 Å². The van der Waals surface area contributed by atoms with Gasteiger partial charge in [0.05, 0.1) is 25.2 Å². The van der Waals surface area contributed by atoms with Crippen molar-refractivity contribution in [2.24, 2.45) is 11.3 Å². The normalized spacial score (nSPS) is 35.4. The minimum Gasteiger partial charge on any atom is -0.496 e. The maximum atomic E-state index is 13.8. The Balaban J connectivity index is 1.52. The molecule has 1 saturated carbocycles. The van der Waals surface area contributed by atoms with Crippen LogP contribution in [-0.2, 0) is 9.53 Å². The lowest BCUT2D eigenvalue weighted by Crippen LogP contribution is -2.62. The van der Waals surface area contributed by atoms with Crippen LogP contribution >= 0.6 is 0 Å². The summed E-state index contributed by atoms with van der Waals surface area (Å²) in [5.74, 6) is 2.27. The summed E-state index contributed by atoms with van der Waals surface area (Å²) < 4.78 is 11.2. The number of nitrogens with zero attached hydrogens (tertiary/aromatic N) is 2. The summed E-state index contributed by atoms with van der Waals surface area (Å²) in [6.45, 7) is 3.71. The monoisotopic (exact) mass is 384 g/mol. The Labute approximate surface area is 168 Å². The van der Waals surface area contributed by atoms with Gasteiger partial charge in [-0.1, -0.05) is 24.6 Å². The van der Waals surface area contributed by atoms with Gasteiger partial charge in [-0.05, 0) is 50.8 Å². The first-order valence-corrected chi connectivity index (χ1v) is 10.9. The van der Waals surface area contributed by atoms with Crippen LogP contribution in [0.4, 0.5) is 0 Å². The van der Waals surface area contributed by atoms with Gasteiger partial charge in [-0.2, -0.15) is 0 Å². The lowest BCUT2D eigenvalue weighted by atomic mass is 9.67. The minimum atomic E-state index is -0.277. The first-order chi connectivity index (χ1) is 13.7. The fraction of sp³-hybridized carbons (Fsp3) is 0.696. The van der Waals surface area contributed by atoms with E-state index in [1.807, 2.05) is 6.07 Å². The average Bonchev–Trinajstić information content (AvgIpc) is 3.13. The molecule has 1 aromatic carbocycles. The molecule has 5 nitrogen and oxygen atoms in total. The lowest BCUT2D eigenvalue weighted by Gasteiger charge is -2.52. The summed E-state index contributed by atoms with van der Waals surface area (Å²) in [5.41, 5.74) is 0.985. The van der Waals surface area contributed by atoms with E-state index >= 15 is 0 Å². The lowest BCUT2D eigenvalue weighted by molar-refractivity contribution is -0.156. The summed E-state index contributed by atoms with van der Waals surface area (Å²) in [6, 6.07) is 9.17. The van der Waals surface area contributed by atoms with Gasteiger partial charge < -0.3 is 14.4 Å². The molecule has 0 unspecified atom stereocenters. The zero-order chi connectivity index (χ0) is 19.3. The Kier molecular flexibility index (Phi) is 4.63. The van der Waals surface area contributed by atoms with Gasteiger partial charge >= 0.3 is 0 Å². The third-order valence-electron chi connectivity index (χ3n) is 7.98. The van der Waals surface area contributed by atoms with Crippen LogP contribution in [0.5, 0.6) is 5.75 Å². The largest absolute Gasteiger partial charge is 0.496 e. The second-order valence-electron chi connectivity index (χ2n) is 9.23. The van der Waals surface area contributed by atoms with E-state index in [-0.39, 0.29) is 5.41 Å². The van der Waals surface area contributed by atoms with Gasteiger partial charge in [0.1, 0.15) is 5.75 Å². The fourth-order valence-corrected chi connectivity index (χ4v) is 6.50. The number of fused-ring (bicyclic) bond motifs is 2. The second-order valence-corrected chi connectivity index (χ2v) is 9.23. The Bertz CT molecular complexity index is 739. The number of hydrogen-bond donors (Lipinski definition) is 0. The van der Waals surface area contributed by atoms with Gasteiger partial charge in [-0.3, -0.25) is 9.69 Å². The number of likely N-dealkylation sites (tertiary alicyclic amines) is 1. The van der Waals surface area contributed by atoms with Gasteiger partial charge in [-0.15, -0.1) is 0 Å². The van der Waals surface area contributed by atoms with Crippen LogP contribution in [0.1, 0.15) is 43.6 Å². The molecule has 5 aliphatic rings. The van der Waals surface area contributed by atoms with Gasteiger partial charge in [0, 0.05) is 31.2 Å². The molecule has 0 aromatic heterocycles. The number of benzene rings is 1. The standard InChI is InChI=1S/C23H32N2O3/c1-27-15-23(10-5-11-23)22(26)25-14-18(17-6-3-4-7-19(17)28-2)21-20(25)16-8-12-24(21)13-9-16/h3-4,6-7,16,18,20-21H,5,8-15H2,1-2H3/t18-,20-,21-/m0/s1. The molecule has 1 aliphatic carbocycles. The van der Waals surface area contributed by atoms with Gasteiger partial charge in [0.15, 0.2) is 0 Å². The molecule has 0 radical (unpaired) electrons. The molecule has 0 spiro atoms. The SMILES string of the molecule is COCC1(C(=O)N2C[C@@H](c3ccccc3OC)[C@H]3[C@@H]2C2CCN3CC2)CCC1.